The molecule has 2 heterocycles. The first-order valence-corrected chi connectivity index (χ1v) is 11.4. The number of anilines is 1. The summed E-state index contributed by atoms with van der Waals surface area (Å²) < 4.78 is 21.8. The number of rotatable bonds is 5. The number of nitrogens with zero attached hydrogens (tertiary/aromatic N) is 3. The molecule has 2 amide bonds. The molecule has 5 rings (SSSR count). The SMILES string of the molecule is O=C(NCc1noc(-c2cccc(Br)c2)n1)Nc1ccc(-c2nc3ccccc3s2)c(F)c1. The Hall–Kier alpha value is -3.63. The highest BCUT2D eigenvalue weighted by molar-refractivity contribution is 9.10. The van der Waals surface area contributed by atoms with Gasteiger partial charge in [0.15, 0.2) is 5.82 Å². The predicted molar refractivity (Wildman–Crippen MR) is 128 cm³/mol. The first-order valence-electron chi connectivity index (χ1n) is 9.84. The third-order valence-corrected chi connectivity index (χ3v) is 6.26. The molecule has 0 saturated heterocycles. The van der Waals surface area contributed by atoms with E-state index >= 15 is 0 Å². The van der Waals surface area contributed by atoms with Crippen LogP contribution in [0.5, 0.6) is 0 Å². The van der Waals surface area contributed by atoms with E-state index in [1.165, 1.54) is 17.4 Å². The summed E-state index contributed by atoms with van der Waals surface area (Å²) in [6, 6.07) is 19.1. The van der Waals surface area contributed by atoms with Crippen molar-refractivity contribution in [3.63, 3.8) is 0 Å². The molecule has 33 heavy (non-hydrogen) atoms. The van der Waals surface area contributed by atoms with E-state index < -0.39 is 11.8 Å². The van der Waals surface area contributed by atoms with E-state index in [-0.39, 0.29) is 6.54 Å². The first kappa shape index (κ1) is 21.2. The standard InChI is InChI=1S/C23H15BrFN5O2S/c24-14-5-3-4-13(10-14)21-29-20(30-32-21)12-26-23(31)27-15-8-9-16(17(25)11-15)22-28-18-6-1-2-7-19(18)33-22/h1-11H,12H2,(H2,26,27,31). The zero-order chi connectivity index (χ0) is 22.8. The Labute approximate surface area is 199 Å². The van der Waals surface area contributed by atoms with Gasteiger partial charge in [-0.1, -0.05) is 39.3 Å². The molecule has 2 aromatic heterocycles. The second-order valence-corrected chi connectivity index (χ2v) is 8.96. The molecule has 0 atom stereocenters. The highest BCUT2D eigenvalue weighted by atomic mass is 79.9. The van der Waals surface area contributed by atoms with Crippen LogP contribution in [0.2, 0.25) is 0 Å². The fourth-order valence-corrected chi connectivity index (χ4v) is 4.54. The van der Waals surface area contributed by atoms with Gasteiger partial charge in [-0.05, 0) is 48.5 Å². The van der Waals surface area contributed by atoms with Crippen molar-refractivity contribution < 1.29 is 13.7 Å². The van der Waals surface area contributed by atoms with Crippen LogP contribution in [0.3, 0.4) is 0 Å². The molecule has 0 aliphatic carbocycles. The number of carbonyl (C=O) groups excluding carboxylic acids is 1. The molecular formula is C23H15BrFN5O2S. The van der Waals surface area contributed by atoms with Crippen LogP contribution >= 0.6 is 27.3 Å². The Morgan fingerprint density at radius 2 is 1.94 bits per heavy atom. The molecule has 3 aromatic carbocycles. The summed E-state index contributed by atoms with van der Waals surface area (Å²) in [7, 11) is 0. The Morgan fingerprint density at radius 1 is 1.06 bits per heavy atom. The summed E-state index contributed by atoms with van der Waals surface area (Å²) in [4.78, 5) is 21.0. The molecule has 10 heteroatoms. The maximum atomic E-state index is 14.7. The van der Waals surface area contributed by atoms with E-state index in [0.29, 0.717) is 28.0 Å². The van der Waals surface area contributed by atoms with Gasteiger partial charge in [0.2, 0.25) is 0 Å². The van der Waals surface area contributed by atoms with E-state index in [1.54, 1.807) is 12.1 Å². The highest BCUT2D eigenvalue weighted by Crippen LogP contribution is 2.32. The molecule has 0 bridgehead atoms. The van der Waals surface area contributed by atoms with Gasteiger partial charge in [0.05, 0.1) is 16.8 Å². The van der Waals surface area contributed by atoms with E-state index in [0.717, 1.165) is 20.3 Å². The van der Waals surface area contributed by atoms with E-state index in [2.05, 4.69) is 41.7 Å². The maximum Gasteiger partial charge on any atom is 0.319 e. The van der Waals surface area contributed by atoms with Crippen molar-refractivity contribution in [3.8, 4) is 22.0 Å². The number of nitrogens with one attached hydrogen (secondary N) is 2. The van der Waals surface area contributed by atoms with Gasteiger partial charge < -0.3 is 15.2 Å². The second kappa shape index (κ2) is 9.08. The minimum atomic E-state index is -0.518. The summed E-state index contributed by atoms with van der Waals surface area (Å²) in [6.45, 7) is 0.0512. The van der Waals surface area contributed by atoms with Crippen LogP contribution in [-0.4, -0.2) is 21.2 Å². The zero-order valence-corrected chi connectivity index (χ0v) is 19.3. The zero-order valence-electron chi connectivity index (χ0n) is 16.9. The molecule has 0 aliphatic rings. The molecule has 2 N–H and O–H groups in total. The summed E-state index contributed by atoms with van der Waals surface area (Å²) in [5, 5.41) is 9.69. The minimum absolute atomic E-state index is 0.0512. The number of urea groups is 1. The fraction of sp³-hybridized carbons (Fsp3) is 0.0435. The lowest BCUT2D eigenvalue weighted by atomic mass is 10.2. The van der Waals surface area contributed by atoms with Gasteiger partial charge in [0.1, 0.15) is 10.8 Å². The van der Waals surface area contributed by atoms with Crippen molar-refractivity contribution in [1.29, 1.82) is 0 Å². The van der Waals surface area contributed by atoms with Gasteiger partial charge in [0.25, 0.3) is 5.89 Å². The van der Waals surface area contributed by atoms with Gasteiger partial charge in [0, 0.05) is 21.3 Å². The lowest BCUT2D eigenvalue weighted by molar-refractivity contribution is 0.251. The van der Waals surface area contributed by atoms with E-state index in [1.807, 2.05) is 48.5 Å². The average Bonchev–Trinajstić information content (AvgIpc) is 3.45. The van der Waals surface area contributed by atoms with Gasteiger partial charge in [-0.3, -0.25) is 0 Å². The molecule has 5 aromatic rings. The topological polar surface area (TPSA) is 92.9 Å². The van der Waals surface area contributed by atoms with Gasteiger partial charge >= 0.3 is 6.03 Å². The largest absolute Gasteiger partial charge is 0.334 e. The summed E-state index contributed by atoms with van der Waals surface area (Å²) in [5.74, 6) is 0.196. The van der Waals surface area contributed by atoms with Crippen LogP contribution < -0.4 is 10.6 Å². The van der Waals surface area contributed by atoms with Crippen LogP contribution in [0, 0.1) is 5.82 Å². The van der Waals surface area contributed by atoms with Crippen LogP contribution in [0.25, 0.3) is 32.2 Å². The molecule has 0 saturated carbocycles. The number of hydrogen-bond acceptors (Lipinski definition) is 6. The maximum absolute atomic E-state index is 14.7. The van der Waals surface area contributed by atoms with Gasteiger partial charge in [-0.2, -0.15) is 4.98 Å². The summed E-state index contributed by atoms with van der Waals surface area (Å²) in [6.07, 6.45) is 0. The molecule has 164 valence electrons. The lowest BCUT2D eigenvalue weighted by Gasteiger charge is -2.07. The quantitative estimate of drug-likeness (QED) is 0.284. The second-order valence-electron chi connectivity index (χ2n) is 7.02. The summed E-state index contributed by atoms with van der Waals surface area (Å²) >= 11 is 4.81. The molecule has 0 radical (unpaired) electrons. The Balaban J connectivity index is 1.22. The number of hydrogen-bond donors (Lipinski definition) is 2. The Kier molecular flexibility index (Phi) is 5.84. The molecular weight excluding hydrogens is 509 g/mol. The monoisotopic (exact) mass is 523 g/mol. The van der Waals surface area contributed by atoms with Gasteiger partial charge in [-0.15, -0.1) is 11.3 Å². The first-order chi connectivity index (χ1) is 16.0. The molecule has 7 nitrogen and oxygen atoms in total. The number of thiazole rings is 1. The van der Waals surface area contributed by atoms with Crippen molar-refractivity contribution in [2.75, 3.05) is 5.32 Å². The third-order valence-electron chi connectivity index (χ3n) is 4.70. The van der Waals surface area contributed by atoms with E-state index in [4.69, 9.17) is 4.52 Å². The minimum Gasteiger partial charge on any atom is -0.334 e. The average molecular weight is 524 g/mol. The van der Waals surface area contributed by atoms with Crippen molar-refractivity contribution in [2.24, 2.45) is 0 Å². The van der Waals surface area contributed by atoms with Crippen LogP contribution in [0.1, 0.15) is 5.82 Å². The number of amides is 2. The third kappa shape index (κ3) is 4.76. The van der Waals surface area contributed by atoms with Crippen LogP contribution in [-0.2, 0) is 6.54 Å². The Morgan fingerprint density at radius 3 is 2.76 bits per heavy atom. The van der Waals surface area contributed by atoms with E-state index in [9.17, 15) is 9.18 Å². The van der Waals surface area contributed by atoms with Crippen molar-refractivity contribution >= 4 is 49.2 Å². The normalized spacial score (nSPS) is 11.0. The molecule has 0 unspecified atom stereocenters. The fourth-order valence-electron chi connectivity index (χ4n) is 3.15. The smallest absolute Gasteiger partial charge is 0.319 e. The molecule has 0 fully saturated rings. The number of halogens is 2. The summed E-state index contributed by atoms with van der Waals surface area (Å²) in [5.41, 5.74) is 2.28. The molecule has 0 spiro atoms. The number of aromatic nitrogens is 3. The van der Waals surface area contributed by atoms with Gasteiger partial charge in [-0.25, -0.2) is 14.2 Å². The predicted octanol–water partition coefficient (Wildman–Crippen LogP) is 6.24. The Bertz CT molecular complexity index is 1440. The number of benzene rings is 3. The molecule has 0 aliphatic heterocycles. The number of carbonyl (C=O) groups is 1. The van der Waals surface area contributed by atoms with Crippen molar-refractivity contribution in [1.82, 2.24) is 20.4 Å². The van der Waals surface area contributed by atoms with Crippen LogP contribution in [0.15, 0.2) is 75.7 Å². The lowest BCUT2D eigenvalue weighted by Crippen LogP contribution is -2.28. The van der Waals surface area contributed by atoms with Crippen LogP contribution in [0.4, 0.5) is 14.9 Å². The highest BCUT2D eigenvalue weighted by Gasteiger charge is 2.13. The van der Waals surface area contributed by atoms with Crippen molar-refractivity contribution in [3.05, 3.63) is 82.8 Å². The number of para-hydroxylation sites is 1. The van der Waals surface area contributed by atoms with Crippen molar-refractivity contribution in [2.45, 2.75) is 6.54 Å². The number of fused-ring (bicyclic) bond motifs is 1.